The maximum Gasteiger partial charge on any atom is 0.220 e. The summed E-state index contributed by atoms with van der Waals surface area (Å²) >= 11 is 0. The lowest BCUT2D eigenvalue weighted by molar-refractivity contribution is -0.379. The van der Waals surface area contributed by atoms with Crippen molar-refractivity contribution in [2.24, 2.45) is 0 Å². The first-order valence-corrected chi connectivity index (χ1v) is 26.9. The van der Waals surface area contributed by atoms with E-state index in [-0.39, 0.29) is 18.9 Å². The number of hydrogen-bond acceptors (Lipinski definition) is 18. The number of nitrogens with one attached hydrogen (secondary N) is 1. The van der Waals surface area contributed by atoms with Gasteiger partial charge in [-0.05, 0) is 70.6 Å². The number of allylic oxidation sites excluding steroid dienone is 7. The summed E-state index contributed by atoms with van der Waals surface area (Å²) in [6.07, 6.45) is 11.1. The molecule has 0 aliphatic carbocycles. The third-order valence-corrected chi connectivity index (χ3v) is 13.3. The van der Waals surface area contributed by atoms with E-state index >= 15 is 0 Å². The number of rotatable bonds is 37. The zero-order valence-corrected chi connectivity index (χ0v) is 42.9. The SMILES string of the molecule is CCCCC/C=C/CC/C=C/CC/C=C/C(O)C(COC1OC(CO)C(OC2OC(CO)C(OC3OC(CO)C(O)C(O)C3O)C(O)C2O)C(O)C1O)NC(=O)CCCCCCC/C=C\CCCCCCC. The molecule has 3 aliphatic rings. The maximum absolute atomic E-state index is 13.2. The minimum atomic E-state index is -1.98. The van der Waals surface area contributed by atoms with Crippen LogP contribution in [0.5, 0.6) is 0 Å². The number of aliphatic hydroxyl groups is 11. The molecule has 12 N–H and O–H groups in total. The molecule has 0 aromatic carbocycles. The Morgan fingerprint density at radius 2 is 0.889 bits per heavy atom. The normalized spacial score (nSPS) is 32.4. The highest BCUT2D eigenvalue weighted by Crippen LogP contribution is 2.33. The van der Waals surface area contributed by atoms with E-state index in [1.807, 2.05) is 6.08 Å². The van der Waals surface area contributed by atoms with Gasteiger partial charge in [0, 0.05) is 6.42 Å². The molecule has 418 valence electrons. The van der Waals surface area contributed by atoms with E-state index in [1.165, 1.54) is 51.4 Å². The molecule has 17 atom stereocenters. The van der Waals surface area contributed by atoms with Crippen molar-refractivity contribution >= 4 is 5.91 Å². The van der Waals surface area contributed by atoms with Gasteiger partial charge in [-0.1, -0.05) is 120 Å². The summed E-state index contributed by atoms with van der Waals surface area (Å²) in [7, 11) is 0. The second-order valence-electron chi connectivity index (χ2n) is 19.3. The Balaban J connectivity index is 1.57. The lowest BCUT2D eigenvalue weighted by atomic mass is 9.96. The van der Waals surface area contributed by atoms with Gasteiger partial charge in [0.2, 0.25) is 5.91 Å². The van der Waals surface area contributed by atoms with Gasteiger partial charge in [-0.15, -0.1) is 0 Å². The number of carbonyl (C=O) groups excluding carboxylic acids is 1. The predicted molar refractivity (Wildman–Crippen MR) is 268 cm³/mol. The monoisotopic (exact) mass is 1030 g/mol. The van der Waals surface area contributed by atoms with Crippen LogP contribution in [0.25, 0.3) is 0 Å². The molecule has 19 nitrogen and oxygen atoms in total. The molecule has 0 saturated carbocycles. The number of hydrogen-bond donors (Lipinski definition) is 12. The second-order valence-corrected chi connectivity index (χ2v) is 19.3. The molecule has 0 spiro atoms. The number of carbonyl (C=O) groups is 1. The Labute approximate surface area is 427 Å². The standard InChI is InChI=1S/C53H93NO18/c1-3-5-7-9-11-13-15-17-19-21-23-25-27-29-31-41(59)54-36(37(58)30-28-26-24-22-20-18-16-14-12-10-8-6-4-2)35-67-51-47(65)44(62)49(39(33-56)69-51)72-53-48(66)45(63)50(40(34-57)70-53)71-52-46(64)43(61)42(60)38(32-55)68-52/h12,14-15,17,20,22,28,30,36-40,42-53,55-58,60-66H,3-11,13,16,18-19,21,23-27,29,31-35H2,1-2H3,(H,54,59)/b14-12+,17-15-,22-20+,30-28+. The van der Waals surface area contributed by atoms with E-state index < -0.39 is 124 Å². The van der Waals surface area contributed by atoms with Crippen molar-refractivity contribution in [3.05, 3.63) is 48.6 Å². The molecule has 3 rings (SSSR count). The van der Waals surface area contributed by atoms with E-state index in [4.69, 9.17) is 28.4 Å². The molecule has 19 heteroatoms. The summed E-state index contributed by atoms with van der Waals surface area (Å²) in [6, 6.07) is -0.998. The number of aliphatic hydroxyl groups excluding tert-OH is 11. The van der Waals surface area contributed by atoms with E-state index in [1.54, 1.807) is 6.08 Å². The molecule has 3 heterocycles. The highest BCUT2D eigenvalue weighted by Gasteiger charge is 2.53. The van der Waals surface area contributed by atoms with Gasteiger partial charge >= 0.3 is 0 Å². The van der Waals surface area contributed by atoms with Gasteiger partial charge in [-0.2, -0.15) is 0 Å². The third-order valence-electron chi connectivity index (χ3n) is 13.3. The summed E-state index contributed by atoms with van der Waals surface area (Å²) < 4.78 is 34.1. The summed E-state index contributed by atoms with van der Waals surface area (Å²) in [5.41, 5.74) is 0. The van der Waals surface area contributed by atoms with Crippen molar-refractivity contribution in [3.63, 3.8) is 0 Å². The van der Waals surface area contributed by atoms with Gasteiger partial charge in [-0.3, -0.25) is 4.79 Å². The number of amides is 1. The molecular formula is C53H93NO18. The van der Waals surface area contributed by atoms with Crippen molar-refractivity contribution in [1.82, 2.24) is 5.32 Å². The zero-order valence-electron chi connectivity index (χ0n) is 42.9. The Hall–Kier alpha value is -2.25. The summed E-state index contributed by atoms with van der Waals surface area (Å²) in [5, 5.41) is 120. The minimum Gasteiger partial charge on any atom is -0.394 e. The molecule has 3 aliphatic heterocycles. The van der Waals surface area contributed by atoms with Crippen molar-refractivity contribution in [1.29, 1.82) is 0 Å². The molecule has 0 bridgehead atoms. The minimum absolute atomic E-state index is 0.220. The van der Waals surface area contributed by atoms with Gasteiger partial charge in [0.05, 0.1) is 38.6 Å². The van der Waals surface area contributed by atoms with E-state index in [9.17, 15) is 61.0 Å². The van der Waals surface area contributed by atoms with E-state index in [2.05, 4.69) is 55.6 Å². The lowest BCUT2D eigenvalue weighted by Crippen LogP contribution is -2.66. The van der Waals surface area contributed by atoms with Crippen molar-refractivity contribution in [3.8, 4) is 0 Å². The van der Waals surface area contributed by atoms with Crippen LogP contribution in [0.15, 0.2) is 48.6 Å². The van der Waals surface area contributed by atoms with E-state index in [0.717, 1.165) is 64.2 Å². The fourth-order valence-electron chi connectivity index (χ4n) is 8.80. The van der Waals surface area contributed by atoms with Crippen LogP contribution in [-0.4, -0.2) is 193 Å². The molecule has 3 fully saturated rings. The first-order chi connectivity index (χ1) is 34.8. The highest BCUT2D eigenvalue weighted by molar-refractivity contribution is 5.76. The highest BCUT2D eigenvalue weighted by atomic mass is 16.8. The number of unbranched alkanes of at least 4 members (excludes halogenated alkanes) is 15. The average molecular weight is 1030 g/mol. The van der Waals surface area contributed by atoms with Crippen LogP contribution < -0.4 is 5.32 Å². The van der Waals surface area contributed by atoms with Crippen LogP contribution >= 0.6 is 0 Å². The van der Waals surface area contributed by atoms with Crippen molar-refractivity contribution in [2.45, 2.75) is 253 Å². The summed E-state index contributed by atoms with van der Waals surface area (Å²) in [6.45, 7) is 1.60. The largest absolute Gasteiger partial charge is 0.394 e. The molecule has 1 amide bonds. The van der Waals surface area contributed by atoms with Crippen molar-refractivity contribution in [2.75, 3.05) is 26.4 Å². The first kappa shape index (κ1) is 64.0. The Kier molecular flexibility index (Phi) is 33.3. The van der Waals surface area contributed by atoms with Crippen LogP contribution in [0.4, 0.5) is 0 Å². The van der Waals surface area contributed by atoms with Crippen LogP contribution in [0.1, 0.15) is 149 Å². The third kappa shape index (κ3) is 22.5. The molecule has 3 saturated heterocycles. The average Bonchev–Trinajstić information content (AvgIpc) is 3.37. The Morgan fingerprint density at radius 3 is 1.42 bits per heavy atom. The van der Waals surface area contributed by atoms with Gasteiger partial charge in [0.15, 0.2) is 18.9 Å². The van der Waals surface area contributed by atoms with E-state index in [0.29, 0.717) is 12.8 Å². The van der Waals surface area contributed by atoms with Crippen LogP contribution in [-0.2, 0) is 33.2 Å². The second kappa shape index (κ2) is 37.5. The first-order valence-electron chi connectivity index (χ1n) is 26.9. The topological polar surface area (TPSA) is 307 Å². The molecule has 0 aromatic heterocycles. The molecule has 0 radical (unpaired) electrons. The van der Waals surface area contributed by atoms with Gasteiger partial charge in [0.25, 0.3) is 0 Å². The summed E-state index contributed by atoms with van der Waals surface area (Å²) in [4.78, 5) is 13.2. The molecule has 0 aromatic rings. The molecular weight excluding hydrogens is 939 g/mol. The van der Waals surface area contributed by atoms with Crippen LogP contribution in [0, 0.1) is 0 Å². The number of ether oxygens (including phenoxy) is 6. The zero-order chi connectivity index (χ0) is 52.7. The van der Waals surface area contributed by atoms with Gasteiger partial charge in [-0.25, -0.2) is 0 Å². The van der Waals surface area contributed by atoms with Gasteiger partial charge < -0.3 is 89.9 Å². The molecule has 17 unspecified atom stereocenters. The Bertz CT molecular complexity index is 1520. The quantitative estimate of drug-likeness (QED) is 0.0315. The fraction of sp³-hybridized carbons (Fsp3) is 0.830. The lowest BCUT2D eigenvalue weighted by Gasteiger charge is -2.48. The smallest absolute Gasteiger partial charge is 0.220 e. The van der Waals surface area contributed by atoms with Crippen LogP contribution in [0.2, 0.25) is 0 Å². The van der Waals surface area contributed by atoms with Crippen molar-refractivity contribution < 1.29 is 89.4 Å². The summed E-state index contributed by atoms with van der Waals surface area (Å²) in [5.74, 6) is -0.303. The molecule has 72 heavy (non-hydrogen) atoms. The fourth-order valence-corrected chi connectivity index (χ4v) is 8.80. The predicted octanol–water partition coefficient (Wildman–Crippen LogP) is 2.75. The van der Waals surface area contributed by atoms with Gasteiger partial charge in [0.1, 0.15) is 73.2 Å². The Morgan fingerprint density at radius 1 is 0.486 bits per heavy atom. The maximum atomic E-state index is 13.2. The van der Waals surface area contributed by atoms with Crippen LogP contribution in [0.3, 0.4) is 0 Å².